The molecule has 0 atom stereocenters. The average molecular weight is 206 g/mol. The standard InChI is InChI=1S/C13H11O.Na/c14-13(11-7-3-1-4-8-11)12-9-5-2-6-10-12;/h1-10,14H;. The molecule has 2 aromatic carbocycles. The van der Waals surface area contributed by atoms with E-state index in [4.69, 9.17) is 0 Å². The summed E-state index contributed by atoms with van der Waals surface area (Å²) in [5, 5.41) is 10.5. The maximum atomic E-state index is 10.5. The second-order valence-electron chi connectivity index (χ2n) is 3.80. The van der Waals surface area contributed by atoms with Gasteiger partial charge in [-0.1, -0.05) is 0 Å². The molecular formula is C13H11NaO. The molecule has 2 rings (SSSR count). The molecule has 0 saturated heterocycles. The van der Waals surface area contributed by atoms with Crippen LogP contribution in [0.25, 0.3) is 0 Å². The van der Waals surface area contributed by atoms with Crippen LogP contribution in [0.3, 0.4) is 0 Å². The zero-order valence-corrected chi connectivity index (χ0v) is 10.7. The summed E-state index contributed by atoms with van der Waals surface area (Å²) in [6.07, 6.45) is 0. The van der Waals surface area contributed by atoms with Gasteiger partial charge in [0, 0.05) is 0 Å². The second kappa shape index (κ2) is 4.50. The van der Waals surface area contributed by atoms with Gasteiger partial charge < -0.3 is 0 Å². The number of rotatable bonds is 2. The molecule has 0 spiro atoms. The van der Waals surface area contributed by atoms with Crippen molar-refractivity contribution in [3.05, 3.63) is 71.8 Å². The zero-order valence-electron chi connectivity index (χ0n) is 8.72. The van der Waals surface area contributed by atoms with Crippen LogP contribution in [0.2, 0.25) is 0 Å². The van der Waals surface area contributed by atoms with E-state index in [-0.39, 0.29) is 0 Å². The number of hydrogen-bond donors (Lipinski definition) is 1. The van der Waals surface area contributed by atoms with E-state index >= 15 is 0 Å². The summed E-state index contributed by atoms with van der Waals surface area (Å²) in [5.41, 5.74) is 1.95. The Morgan fingerprint density at radius 3 is 1.40 bits per heavy atom. The van der Waals surface area contributed by atoms with Crippen LogP contribution in [0.4, 0.5) is 0 Å². The SMILES string of the molecule is O[C]([Na])(c1ccccc1)c1ccccc1. The minimum atomic E-state index is -0.775. The van der Waals surface area contributed by atoms with Crippen molar-refractivity contribution in [1.82, 2.24) is 0 Å². The molecule has 0 fully saturated rings. The Morgan fingerprint density at radius 2 is 1.07 bits per heavy atom. The third kappa shape index (κ3) is 2.32. The van der Waals surface area contributed by atoms with Gasteiger partial charge in [-0.3, -0.25) is 0 Å². The number of hydrogen-bond acceptors (Lipinski definition) is 1. The molecule has 0 heterocycles. The molecule has 0 bridgehead atoms. The zero-order chi connectivity index (χ0) is 10.7. The summed E-state index contributed by atoms with van der Waals surface area (Å²) in [6.45, 7) is 0. The van der Waals surface area contributed by atoms with E-state index < -0.39 is 2.85 Å². The fraction of sp³-hybridized carbons (Fsp3) is 0.0769. The Bertz CT molecular complexity index is 381. The molecule has 0 saturated carbocycles. The molecule has 1 N–H and O–H groups in total. The Kier molecular flexibility index (Phi) is 3.27. The molecule has 2 heteroatoms. The van der Waals surface area contributed by atoms with Gasteiger partial charge in [0.15, 0.2) is 0 Å². The third-order valence-corrected chi connectivity index (χ3v) is 3.83. The van der Waals surface area contributed by atoms with Crippen LogP contribution in [-0.4, -0.2) is 33.0 Å². The van der Waals surface area contributed by atoms with Crippen molar-refractivity contribution in [2.75, 3.05) is 0 Å². The first-order chi connectivity index (χ1) is 7.21. The molecule has 1 nitrogen and oxygen atoms in total. The molecule has 0 radical (unpaired) electrons. The van der Waals surface area contributed by atoms with Crippen LogP contribution in [-0.2, 0) is 2.85 Å². The summed E-state index contributed by atoms with van der Waals surface area (Å²) < 4.78 is -0.775. The average Bonchev–Trinajstić information content (AvgIpc) is 2.31. The van der Waals surface area contributed by atoms with Crippen molar-refractivity contribution in [2.45, 2.75) is 2.85 Å². The van der Waals surface area contributed by atoms with Gasteiger partial charge in [0.25, 0.3) is 0 Å². The molecule has 0 aliphatic heterocycles. The summed E-state index contributed by atoms with van der Waals surface area (Å²) in [5.74, 6) is 0. The third-order valence-electron chi connectivity index (χ3n) is 2.67. The maximum absolute atomic E-state index is 10.5. The molecule has 0 aromatic heterocycles. The fourth-order valence-electron chi connectivity index (χ4n) is 1.69. The van der Waals surface area contributed by atoms with E-state index in [2.05, 4.69) is 0 Å². The number of aliphatic hydroxyl groups is 1. The topological polar surface area (TPSA) is 20.2 Å². The van der Waals surface area contributed by atoms with Crippen LogP contribution in [0.1, 0.15) is 11.1 Å². The van der Waals surface area contributed by atoms with Crippen LogP contribution in [0.15, 0.2) is 60.7 Å². The Hall–Kier alpha value is -0.600. The Balaban J connectivity index is 2.44. The van der Waals surface area contributed by atoms with Crippen LogP contribution in [0.5, 0.6) is 0 Å². The van der Waals surface area contributed by atoms with Crippen molar-refractivity contribution >= 4 is 27.9 Å². The van der Waals surface area contributed by atoms with E-state index in [0.717, 1.165) is 11.1 Å². The van der Waals surface area contributed by atoms with Gasteiger partial charge in [0.1, 0.15) is 0 Å². The van der Waals surface area contributed by atoms with E-state index in [1.54, 1.807) is 0 Å². The van der Waals surface area contributed by atoms with Gasteiger partial charge >= 0.3 is 108 Å². The summed E-state index contributed by atoms with van der Waals surface area (Å²) in [6, 6.07) is 19.7. The van der Waals surface area contributed by atoms with Crippen LogP contribution < -0.4 is 0 Å². The van der Waals surface area contributed by atoms with Crippen molar-refractivity contribution in [3.63, 3.8) is 0 Å². The van der Waals surface area contributed by atoms with Gasteiger partial charge in [-0.05, 0) is 0 Å². The molecule has 70 valence electrons. The Labute approximate surface area is 107 Å². The van der Waals surface area contributed by atoms with Crippen molar-refractivity contribution < 1.29 is 5.11 Å². The van der Waals surface area contributed by atoms with Gasteiger partial charge in [-0.25, -0.2) is 0 Å². The molecule has 0 amide bonds. The predicted octanol–water partition coefficient (Wildman–Crippen LogP) is 2.05. The molecule has 0 aliphatic carbocycles. The van der Waals surface area contributed by atoms with Crippen LogP contribution in [0, 0.1) is 0 Å². The Morgan fingerprint density at radius 1 is 0.733 bits per heavy atom. The van der Waals surface area contributed by atoms with Gasteiger partial charge in [-0.2, -0.15) is 0 Å². The van der Waals surface area contributed by atoms with Crippen molar-refractivity contribution in [2.24, 2.45) is 0 Å². The monoisotopic (exact) mass is 206 g/mol. The van der Waals surface area contributed by atoms with Gasteiger partial charge in [0.05, 0.1) is 0 Å². The summed E-state index contributed by atoms with van der Waals surface area (Å²) in [4.78, 5) is 0. The summed E-state index contributed by atoms with van der Waals surface area (Å²) >= 11 is 0.679. The van der Waals surface area contributed by atoms with E-state index in [0.29, 0.717) is 27.9 Å². The van der Waals surface area contributed by atoms with E-state index in [9.17, 15) is 5.11 Å². The van der Waals surface area contributed by atoms with Crippen molar-refractivity contribution in [3.8, 4) is 0 Å². The molecule has 2 aromatic rings. The van der Waals surface area contributed by atoms with Crippen molar-refractivity contribution in [1.29, 1.82) is 0 Å². The number of benzene rings is 2. The first-order valence-electron chi connectivity index (χ1n) is 5.04. The first-order valence-corrected chi connectivity index (χ1v) is 6.04. The van der Waals surface area contributed by atoms with Gasteiger partial charge in [0.2, 0.25) is 0 Å². The summed E-state index contributed by atoms with van der Waals surface area (Å²) in [7, 11) is 0. The quantitative estimate of drug-likeness (QED) is 0.745. The molecule has 15 heavy (non-hydrogen) atoms. The molecule has 0 aliphatic rings. The predicted molar refractivity (Wildman–Crippen MR) is 61.6 cm³/mol. The molecule has 0 unspecified atom stereocenters. The fourth-order valence-corrected chi connectivity index (χ4v) is 2.36. The van der Waals surface area contributed by atoms with Gasteiger partial charge in [-0.15, -0.1) is 0 Å². The van der Waals surface area contributed by atoms with E-state index in [1.807, 2.05) is 60.7 Å². The normalized spacial score (nSPS) is 11.4. The first kappa shape index (κ1) is 10.9. The minimum absolute atomic E-state index is 0.679. The van der Waals surface area contributed by atoms with Crippen LogP contribution >= 0.6 is 0 Å². The van der Waals surface area contributed by atoms with E-state index in [1.165, 1.54) is 0 Å². The molecular weight excluding hydrogens is 195 g/mol. The second-order valence-corrected chi connectivity index (χ2v) is 5.25.